The van der Waals surface area contributed by atoms with Gasteiger partial charge in [-0.25, -0.2) is 4.79 Å². The zero-order valence-electron chi connectivity index (χ0n) is 10.5. The monoisotopic (exact) mass is 263 g/mol. The Hall–Kier alpha value is -2.37. The third-order valence-electron chi connectivity index (χ3n) is 2.82. The number of ether oxygens (including phenoxy) is 2. The molecule has 2 rings (SSSR count). The molecule has 6 nitrogen and oxygen atoms in total. The first-order valence-corrected chi connectivity index (χ1v) is 5.63. The van der Waals surface area contributed by atoms with Crippen LogP contribution in [0.3, 0.4) is 0 Å². The molecule has 0 saturated heterocycles. The maximum atomic E-state index is 11.8. The molecule has 0 N–H and O–H groups in total. The lowest BCUT2D eigenvalue weighted by Crippen LogP contribution is -2.38. The molecule has 0 saturated carbocycles. The number of rotatable bonds is 3. The topological polar surface area (TPSA) is 74.2 Å². The zero-order chi connectivity index (χ0) is 13.8. The van der Waals surface area contributed by atoms with Crippen molar-refractivity contribution in [3.8, 4) is 0 Å². The van der Waals surface area contributed by atoms with E-state index in [-0.39, 0.29) is 0 Å². The Kier molecular flexibility index (Phi) is 3.79. The number of esters is 2. The minimum absolute atomic E-state index is 0.364. The van der Waals surface area contributed by atoms with Crippen LogP contribution >= 0.6 is 0 Å². The van der Waals surface area contributed by atoms with Gasteiger partial charge in [-0.05, 0) is 0 Å². The van der Waals surface area contributed by atoms with E-state index >= 15 is 0 Å². The van der Waals surface area contributed by atoms with E-state index in [1.807, 2.05) is 6.07 Å². The third kappa shape index (κ3) is 2.42. The predicted molar refractivity (Wildman–Crippen MR) is 65.4 cm³/mol. The smallest absolute Gasteiger partial charge is 0.351 e. The van der Waals surface area contributed by atoms with Crippen LogP contribution in [-0.4, -0.2) is 38.0 Å². The standard InChI is InChI=1S/C13H13NO5/c1-17-12(15)9-10(8-6-4-3-5-7-8)14-19-11(9)13(16)18-2/h3-7,9,11H,1-2H3/t9-,11-/m1/s1. The van der Waals surface area contributed by atoms with Gasteiger partial charge in [0.15, 0.2) is 5.92 Å². The average Bonchev–Trinajstić information content (AvgIpc) is 2.91. The van der Waals surface area contributed by atoms with Crippen molar-refractivity contribution in [3.05, 3.63) is 35.9 Å². The van der Waals surface area contributed by atoms with Gasteiger partial charge in [-0.3, -0.25) is 4.79 Å². The van der Waals surface area contributed by atoms with E-state index < -0.39 is 24.0 Å². The SMILES string of the molecule is COC(=O)[C@@H]1C(c2ccccc2)=NO[C@H]1C(=O)OC. The van der Waals surface area contributed by atoms with Gasteiger partial charge in [0.1, 0.15) is 5.71 Å². The fourth-order valence-corrected chi connectivity index (χ4v) is 1.87. The van der Waals surface area contributed by atoms with Crippen LogP contribution in [0.15, 0.2) is 35.5 Å². The first-order chi connectivity index (χ1) is 9.19. The zero-order valence-corrected chi connectivity index (χ0v) is 10.5. The molecular formula is C13H13NO5. The number of carbonyl (C=O) groups excluding carboxylic acids is 2. The molecule has 0 aliphatic carbocycles. The summed E-state index contributed by atoms with van der Waals surface area (Å²) in [6.07, 6.45) is -1.10. The highest BCUT2D eigenvalue weighted by atomic mass is 16.7. The van der Waals surface area contributed by atoms with Crippen molar-refractivity contribution in [2.75, 3.05) is 14.2 Å². The molecule has 6 heteroatoms. The Morgan fingerprint density at radius 2 is 1.74 bits per heavy atom. The largest absolute Gasteiger partial charge is 0.468 e. The van der Waals surface area contributed by atoms with Crippen LogP contribution in [0.2, 0.25) is 0 Å². The lowest BCUT2D eigenvalue weighted by molar-refractivity contribution is -0.161. The number of nitrogens with zero attached hydrogens (tertiary/aromatic N) is 1. The summed E-state index contributed by atoms with van der Waals surface area (Å²) in [6.45, 7) is 0. The van der Waals surface area contributed by atoms with Gasteiger partial charge in [0.2, 0.25) is 6.10 Å². The summed E-state index contributed by atoms with van der Waals surface area (Å²) in [5.74, 6) is -2.17. The van der Waals surface area contributed by atoms with Crippen molar-refractivity contribution in [3.63, 3.8) is 0 Å². The van der Waals surface area contributed by atoms with Crippen molar-refractivity contribution in [2.45, 2.75) is 6.10 Å². The highest BCUT2D eigenvalue weighted by Gasteiger charge is 2.46. The van der Waals surface area contributed by atoms with Gasteiger partial charge in [-0.1, -0.05) is 35.5 Å². The molecule has 1 aliphatic rings. The molecule has 0 amide bonds. The Morgan fingerprint density at radius 3 is 2.32 bits per heavy atom. The van der Waals surface area contributed by atoms with Gasteiger partial charge in [0, 0.05) is 5.56 Å². The molecule has 2 atom stereocenters. The summed E-state index contributed by atoms with van der Waals surface area (Å²) >= 11 is 0. The van der Waals surface area contributed by atoms with Crippen LogP contribution in [0.4, 0.5) is 0 Å². The summed E-state index contributed by atoms with van der Waals surface area (Å²) < 4.78 is 9.30. The molecule has 1 aliphatic heterocycles. The van der Waals surface area contributed by atoms with Gasteiger partial charge < -0.3 is 14.3 Å². The molecule has 1 heterocycles. The molecule has 0 aromatic heterocycles. The number of oxime groups is 1. The minimum Gasteiger partial charge on any atom is -0.468 e. The van der Waals surface area contributed by atoms with Crippen molar-refractivity contribution in [1.29, 1.82) is 0 Å². The van der Waals surface area contributed by atoms with E-state index in [0.29, 0.717) is 11.3 Å². The molecule has 0 bridgehead atoms. The van der Waals surface area contributed by atoms with E-state index in [4.69, 9.17) is 9.57 Å². The average molecular weight is 263 g/mol. The third-order valence-corrected chi connectivity index (χ3v) is 2.82. The van der Waals surface area contributed by atoms with Gasteiger partial charge in [-0.15, -0.1) is 0 Å². The Morgan fingerprint density at radius 1 is 1.11 bits per heavy atom. The lowest BCUT2D eigenvalue weighted by atomic mass is 9.92. The molecule has 0 spiro atoms. The summed E-state index contributed by atoms with van der Waals surface area (Å²) in [5.41, 5.74) is 1.06. The Balaban J connectivity index is 2.34. The number of hydrogen-bond acceptors (Lipinski definition) is 6. The number of carbonyl (C=O) groups is 2. The Bertz CT molecular complexity index is 511. The van der Waals surface area contributed by atoms with Crippen molar-refractivity contribution >= 4 is 17.7 Å². The summed E-state index contributed by atoms with van der Waals surface area (Å²) in [7, 11) is 2.47. The van der Waals surface area contributed by atoms with Crippen LogP contribution < -0.4 is 0 Å². The highest BCUT2D eigenvalue weighted by Crippen LogP contribution is 2.25. The molecule has 0 unspecified atom stereocenters. The van der Waals surface area contributed by atoms with Crippen LogP contribution in [0, 0.1) is 5.92 Å². The molecular weight excluding hydrogens is 250 g/mol. The van der Waals surface area contributed by atoms with E-state index in [1.165, 1.54) is 14.2 Å². The minimum atomic E-state index is -1.10. The van der Waals surface area contributed by atoms with Gasteiger partial charge in [0.25, 0.3) is 0 Å². The second kappa shape index (κ2) is 5.51. The fourth-order valence-electron chi connectivity index (χ4n) is 1.87. The quantitative estimate of drug-likeness (QED) is 0.752. The fraction of sp³-hybridized carbons (Fsp3) is 0.308. The van der Waals surface area contributed by atoms with Crippen LogP contribution in [0.25, 0.3) is 0 Å². The van der Waals surface area contributed by atoms with E-state index in [2.05, 4.69) is 9.89 Å². The van der Waals surface area contributed by atoms with Crippen LogP contribution in [0.1, 0.15) is 5.56 Å². The van der Waals surface area contributed by atoms with E-state index in [9.17, 15) is 9.59 Å². The lowest BCUT2D eigenvalue weighted by Gasteiger charge is -2.14. The second-order valence-electron chi connectivity index (χ2n) is 3.89. The summed E-state index contributed by atoms with van der Waals surface area (Å²) in [4.78, 5) is 28.5. The normalized spacial score (nSPS) is 21.3. The number of benzene rings is 1. The summed E-state index contributed by atoms with van der Waals surface area (Å²) in [6, 6.07) is 9.00. The maximum Gasteiger partial charge on any atom is 0.351 e. The van der Waals surface area contributed by atoms with E-state index in [1.54, 1.807) is 24.3 Å². The molecule has 1 aromatic rings. The summed E-state index contributed by atoms with van der Waals surface area (Å²) in [5, 5.41) is 3.82. The van der Waals surface area contributed by atoms with Gasteiger partial charge in [0.05, 0.1) is 14.2 Å². The van der Waals surface area contributed by atoms with Crippen molar-refractivity contribution < 1.29 is 23.9 Å². The number of hydrogen-bond donors (Lipinski definition) is 0. The molecule has 19 heavy (non-hydrogen) atoms. The van der Waals surface area contributed by atoms with Crippen LogP contribution in [-0.2, 0) is 23.9 Å². The molecule has 100 valence electrons. The first kappa shape index (κ1) is 13.1. The Labute approximate surface area is 109 Å². The van der Waals surface area contributed by atoms with Crippen LogP contribution in [0.5, 0.6) is 0 Å². The van der Waals surface area contributed by atoms with E-state index in [0.717, 1.165) is 0 Å². The predicted octanol–water partition coefficient (Wildman–Crippen LogP) is 0.752. The second-order valence-corrected chi connectivity index (χ2v) is 3.89. The molecule has 1 aromatic carbocycles. The highest BCUT2D eigenvalue weighted by molar-refractivity contribution is 6.15. The molecule has 0 fully saturated rings. The van der Waals surface area contributed by atoms with Crippen molar-refractivity contribution in [2.24, 2.45) is 11.1 Å². The van der Waals surface area contributed by atoms with Gasteiger partial charge in [-0.2, -0.15) is 0 Å². The van der Waals surface area contributed by atoms with Gasteiger partial charge >= 0.3 is 11.9 Å². The molecule has 0 radical (unpaired) electrons. The first-order valence-electron chi connectivity index (χ1n) is 5.63. The maximum absolute atomic E-state index is 11.8. The number of methoxy groups -OCH3 is 2. The van der Waals surface area contributed by atoms with Crippen molar-refractivity contribution in [1.82, 2.24) is 0 Å².